The maximum Gasteiger partial charge on any atom is 0.409 e. The first-order chi connectivity index (χ1) is 21.6. The van der Waals surface area contributed by atoms with E-state index in [4.69, 9.17) is 28.1 Å². The molecule has 2 aliphatic rings. The minimum atomic E-state index is -1.66. The molecule has 4 heterocycles. The molecule has 0 saturated carbocycles. The Morgan fingerprint density at radius 2 is 1.83 bits per heavy atom. The van der Waals surface area contributed by atoms with Crippen LogP contribution in [0.1, 0.15) is 89.7 Å². The average Bonchev–Trinajstić information content (AvgIpc) is 3.38. The molecule has 0 radical (unpaired) electrons. The van der Waals surface area contributed by atoms with Gasteiger partial charge in [0.15, 0.2) is 0 Å². The Hall–Kier alpha value is -2.83. The summed E-state index contributed by atoms with van der Waals surface area (Å²) in [6, 6.07) is 7.05. The number of fused-ring (bicyclic) bond motifs is 2. The first-order valence-electron chi connectivity index (χ1n) is 15.5. The number of hydrogen-bond acceptors (Lipinski definition) is 9. The third-order valence-electron chi connectivity index (χ3n) is 7.47. The van der Waals surface area contributed by atoms with Crippen LogP contribution >= 0.6 is 24.5 Å². The summed E-state index contributed by atoms with van der Waals surface area (Å²) in [4.78, 5) is 32.3. The van der Waals surface area contributed by atoms with Crippen molar-refractivity contribution in [3.63, 3.8) is 0 Å². The number of ether oxygens (including phenoxy) is 2. The van der Waals surface area contributed by atoms with E-state index in [0.29, 0.717) is 60.4 Å². The summed E-state index contributed by atoms with van der Waals surface area (Å²) in [5.74, 6) is 0.367. The summed E-state index contributed by atoms with van der Waals surface area (Å²) in [7, 11) is -1.66. The molecule has 1 spiro atoms. The standard InChI is InChI=1S/C32H43BrN5O7P/c1-8-41-29(40)37-14-12-32(13-15-37)17-24(23-16-26(33)34-18-25(23)43-32)35-28(39)22-11-9-10-21-19-38(36-27(21)22)20-42-46(44-30(2,3)4)45-31(5,6)7/h9-11,16,18-19,24H,8,12-15,17,20H2,1-7H3,(H,35,39). The van der Waals surface area contributed by atoms with Gasteiger partial charge in [-0.1, -0.05) is 12.1 Å². The minimum absolute atomic E-state index is 0.0906. The number of carbonyl (C=O) groups excluding carboxylic acids is 2. The Kier molecular flexibility index (Phi) is 10.3. The van der Waals surface area contributed by atoms with Gasteiger partial charge < -0.3 is 28.7 Å². The Balaban J connectivity index is 1.34. The number of piperidine rings is 1. The van der Waals surface area contributed by atoms with Crippen molar-refractivity contribution in [2.24, 2.45) is 0 Å². The third-order valence-corrected chi connectivity index (χ3v) is 9.62. The number of nitrogens with zero attached hydrogens (tertiary/aromatic N) is 4. The van der Waals surface area contributed by atoms with Crippen molar-refractivity contribution in [1.29, 1.82) is 0 Å². The monoisotopic (exact) mass is 719 g/mol. The molecule has 250 valence electrons. The Labute approximate surface area is 279 Å². The Bertz CT molecular complexity index is 1550. The molecule has 1 unspecified atom stereocenters. The zero-order chi connectivity index (χ0) is 33.3. The lowest BCUT2D eigenvalue weighted by Crippen LogP contribution is -2.53. The van der Waals surface area contributed by atoms with Crippen molar-refractivity contribution in [3.8, 4) is 5.75 Å². The molecule has 1 aromatic carbocycles. The van der Waals surface area contributed by atoms with Gasteiger partial charge in [0, 0.05) is 49.5 Å². The van der Waals surface area contributed by atoms with E-state index in [1.54, 1.807) is 28.8 Å². The van der Waals surface area contributed by atoms with E-state index in [-0.39, 0.29) is 24.8 Å². The number of aromatic nitrogens is 3. The predicted molar refractivity (Wildman–Crippen MR) is 177 cm³/mol. The van der Waals surface area contributed by atoms with Gasteiger partial charge in [0.2, 0.25) is 0 Å². The summed E-state index contributed by atoms with van der Waals surface area (Å²) in [5, 5.41) is 8.77. The SMILES string of the molecule is CCOC(=O)N1CCC2(CC1)CC(NC(=O)c1cccc3cn(COP(OC(C)(C)C)OC(C)(C)C)nc13)c1cc(Br)ncc1O2. The molecule has 1 N–H and O–H groups in total. The first kappa shape index (κ1) is 34.5. The van der Waals surface area contributed by atoms with Crippen LogP contribution in [0.25, 0.3) is 10.9 Å². The summed E-state index contributed by atoms with van der Waals surface area (Å²) in [6.07, 6.45) is 4.96. The molecule has 12 nitrogen and oxygen atoms in total. The number of nitrogens with one attached hydrogen (secondary N) is 1. The highest BCUT2D eigenvalue weighted by Crippen LogP contribution is 2.48. The number of hydrogen-bond donors (Lipinski definition) is 1. The number of likely N-dealkylation sites (tertiary alicyclic amines) is 1. The van der Waals surface area contributed by atoms with Gasteiger partial charge in [-0.3, -0.25) is 9.32 Å². The predicted octanol–water partition coefficient (Wildman–Crippen LogP) is 7.27. The summed E-state index contributed by atoms with van der Waals surface area (Å²) < 4.78 is 32.2. The molecule has 0 aliphatic carbocycles. The van der Waals surface area contributed by atoms with E-state index in [1.807, 2.05) is 65.9 Å². The number of rotatable bonds is 8. The summed E-state index contributed by atoms with van der Waals surface area (Å²) in [5.41, 5.74) is 0.372. The van der Waals surface area contributed by atoms with Crippen LogP contribution in [0.3, 0.4) is 0 Å². The lowest BCUT2D eigenvalue weighted by molar-refractivity contribution is -0.0236. The van der Waals surface area contributed by atoms with E-state index in [2.05, 4.69) is 26.2 Å². The summed E-state index contributed by atoms with van der Waals surface area (Å²) in [6.45, 7) is 14.9. The highest BCUT2D eigenvalue weighted by Gasteiger charge is 2.45. The van der Waals surface area contributed by atoms with Crippen LogP contribution in [-0.2, 0) is 25.0 Å². The third kappa shape index (κ3) is 8.55. The van der Waals surface area contributed by atoms with Crippen LogP contribution in [0.5, 0.6) is 5.75 Å². The second-order valence-corrected chi connectivity index (χ2v) is 15.4. The fourth-order valence-corrected chi connectivity index (χ4v) is 7.10. The van der Waals surface area contributed by atoms with Crippen LogP contribution in [0, 0.1) is 0 Å². The van der Waals surface area contributed by atoms with Crippen LogP contribution < -0.4 is 10.1 Å². The molecule has 1 atom stereocenters. The second-order valence-electron chi connectivity index (χ2n) is 13.5. The van der Waals surface area contributed by atoms with Crippen molar-refractivity contribution in [2.45, 2.75) is 97.3 Å². The van der Waals surface area contributed by atoms with E-state index < -0.39 is 25.4 Å². The van der Waals surface area contributed by atoms with Gasteiger partial charge >= 0.3 is 14.7 Å². The van der Waals surface area contributed by atoms with E-state index >= 15 is 0 Å². The maximum absolute atomic E-state index is 13.9. The number of benzene rings is 1. The van der Waals surface area contributed by atoms with Gasteiger partial charge in [0.05, 0.1) is 35.6 Å². The Morgan fingerprint density at radius 3 is 2.48 bits per heavy atom. The second kappa shape index (κ2) is 13.7. The molecule has 0 bridgehead atoms. The smallest absolute Gasteiger partial charge is 0.409 e. The molecular formula is C32H43BrN5O7P. The molecule has 14 heteroatoms. The van der Waals surface area contributed by atoms with Gasteiger partial charge in [-0.15, -0.1) is 0 Å². The molecule has 46 heavy (non-hydrogen) atoms. The molecule has 3 aromatic rings. The maximum atomic E-state index is 13.9. The lowest BCUT2D eigenvalue weighted by atomic mass is 9.81. The van der Waals surface area contributed by atoms with Gasteiger partial charge in [-0.25, -0.2) is 14.5 Å². The molecule has 2 amide bonds. The molecule has 1 fully saturated rings. The zero-order valence-corrected chi connectivity index (χ0v) is 29.9. The highest BCUT2D eigenvalue weighted by atomic mass is 79.9. The summed E-state index contributed by atoms with van der Waals surface area (Å²) >= 11 is 3.47. The molecule has 2 aliphatic heterocycles. The fourth-order valence-electron chi connectivity index (χ4n) is 5.50. The van der Waals surface area contributed by atoms with Crippen molar-refractivity contribution >= 4 is 47.4 Å². The largest absolute Gasteiger partial charge is 0.485 e. The van der Waals surface area contributed by atoms with Gasteiger partial charge in [-0.05, 0) is 76.5 Å². The van der Waals surface area contributed by atoms with E-state index in [9.17, 15) is 9.59 Å². The van der Waals surface area contributed by atoms with E-state index in [1.165, 1.54) is 0 Å². The fraction of sp³-hybridized carbons (Fsp3) is 0.562. The van der Waals surface area contributed by atoms with Crippen molar-refractivity contribution < 1.29 is 32.6 Å². The van der Waals surface area contributed by atoms with Crippen LogP contribution in [0.4, 0.5) is 4.79 Å². The number of carbonyl (C=O) groups is 2. The number of pyridine rings is 1. The molecule has 1 saturated heterocycles. The van der Waals surface area contributed by atoms with Crippen molar-refractivity contribution in [2.75, 3.05) is 19.7 Å². The topological polar surface area (TPSA) is 126 Å². The lowest BCUT2D eigenvalue weighted by Gasteiger charge is -2.46. The molecule has 5 rings (SSSR count). The normalized spacial score (nSPS) is 18.0. The quantitative estimate of drug-likeness (QED) is 0.189. The van der Waals surface area contributed by atoms with Crippen LogP contribution in [0.2, 0.25) is 0 Å². The minimum Gasteiger partial charge on any atom is -0.485 e. The van der Waals surface area contributed by atoms with Crippen LogP contribution in [0.15, 0.2) is 41.3 Å². The average molecular weight is 721 g/mol. The van der Waals surface area contributed by atoms with E-state index in [0.717, 1.165) is 10.9 Å². The highest BCUT2D eigenvalue weighted by molar-refractivity contribution is 9.10. The zero-order valence-electron chi connectivity index (χ0n) is 27.5. The molecular weight excluding hydrogens is 677 g/mol. The van der Waals surface area contributed by atoms with Gasteiger partial charge in [0.1, 0.15) is 28.2 Å². The van der Waals surface area contributed by atoms with Gasteiger partial charge in [-0.2, -0.15) is 5.10 Å². The number of halogens is 1. The van der Waals surface area contributed by atoms with Crippen molar-refractivity contribution in [3.05, 3.63) is 52.4 Å². The van der Waals surface area contributed by atoms with Gasteiger partial charge in [0.25, 0.3) is 5.91 Å². The Morgan fingerprint density at radius 1 is 1.13 bits per heavy atom. The molecule has 2 aromatic heterocycles. The first-order valence-corrected chi connectivity index (χ1v) is 17.4. The van der Waals surface area contributed by atoms with Crippen LogP contribution in [-0.4, -0.2) is 68.2 Å². The number of amides is 2. The van der Waals surface area contributed by atoms with Crippen molar-refractivity contribution in [1.82, 2.24) is 25.0 Å².